The second kappa shape index (κ2) is 7.24. The predicted molar refractivity (Wildman–Crippen MR) is 90.8 cm³/mol. The Morgan fingerprint density at radius 3 is 2.71 bits per heavy atom. The number of urea groups is 1. The third-order valence-electron chi connectivity index (χ3n) is 3.30. The number of rotatable bonds is 5. The summed E-state index contributed by atoms with van der Waals surface area (Å²) in [6.07, 6.45) is -0.717. The number of aryl methyl sites for hydroxylation is 1. The summed E-state index contributed by atoms with van der Waals surface area (Å²) in [6.45, 7) is 1.86. The van der Waals surface area contributed by atoms with Crippen molar-refractivity contribution in [3.05, 3.63) is 52.5 Å². The van der Waals surface area contributed by atoms with E-state index in [0.29, 0.717) is 17.5 Å². The molecule has 1 aromatic carbocycles. The normalized spacial score (nSPS) is 11.9. The molecule has 8 heteroatoms. The zero-order valence-corrected chi connectivity index (χ0v) is 13.7. The van der Waals surface area contributed by atoms with E-state index in [1.54, 1.807) is 31.2 Å². The Balaban J connectivity index is 1.53. The van der Waals surface area contributed by atoms with E-state index in [-0.39, 0.29) is 12.6 Å². The number of hydrogen-bond acceptors (Lipinski definition) is 6. The average Bonchev–Trinajstić information content (AvgIpc) is 3.25. The maximum atomic E-state index is 11.9. The standard InChI is InChI=1S/C16H16N4O3S/c1-10-19-20-15(23-10)11-2-4-13(5-3-11)18-16(22)17-8-14(21)12-6-7-24-9-12/h2-7,9,14,21H,8H2,1H3,(H2,17,18,22)/t14-/m0/s1. The summed E-state index contributed by atoms with van der Waals surface area (Å²) < 4.78 is 5.34. The molecule has 1 atom stereocenters. The molecular weight excluding hydrogens is 328 g/mol. The molecule has 2 heterocycles. The van der Waals surface area contributed by atoms with Crippen molar-refractivity contribution in [2.24, 2.45) is 0 Å². The molecule has 7 nitrogen and oxygen atoms in total. The molecule has 24 heavy (non-hydrogen) atoms. The highest BCUT2D eigenvalue weighted by atomic mass is 32.1. The Morgan fingerprint density at radius 2 is 2.08 bits per heavy atom. The Bertz CT molecular complexity index is 799. The van der Waals surface area contributed by atoms with E-state index < -0.39 is 6.10 Å². The maximum Gasteiger partial charge on any atom is 0.319 e. The fourth-order valence-electron chi connectivity index (χ4n) is 2.06. The average molecular weight is 344 g/mol. The summed E-state index contributed by atoms with van der Waals surface area (Å²) in [4.78, 5) is 11.9. The molecule has 0 saturated carbocycles. The number of aliphatic hydroxyl groups excluding tert-OH is 1. The first-order chi connectivity index (χ1) is 11.6. The lowest BCUT2D eigenvalue weighted by atomic mass is 10.2. The number of nitrogens with zero attached hydrogens (tertiary/aromatic N) is 2. The van der Waals surface area contributed by atoms with Crippen LogP contribution in [0.3, 0.4) is 0 Å². The minimum atomic E-state index is -0.717. The molecule has 0 saturated heterocycles. The van der Waals surface area contributed by atoms with Gasteiger partial charge in [0.2, 0.25) is 11.8 Å². The third-order valence-corrected chi connectivity index (χ3v) is 4.00. The van der Waals surface area contributed by atoms with Crippen LogP contribution in [-0.2, 0) is 0 Å². The Labute approximate surface area is 142 Å². The molecule has 0 bridgehead atoms. The van der Waals surface area contributed by atoms with Crippen LogP contribution < -0.4 is 10.6 Å². The van der Waals surface area contributed by atoms with Gasteiger partial charge in [-0.3, -0.25) is 0 Å². The number of amides is 2. The summed E-state index contributed by atoms with van der Waals surface area (Å²) >= 11 is 1.50. The van der Waals surface area contributed by atoms with E-state index in [4.69, 9.17) is 4.42 Å². The third kappa shape index (κ3) is 3.98. The minimum Gasteiger partial charge on any atom is -0.421 e. The molecule has 2 amide bonds. The van der Waals surface area contributed by atoms with E-state index >= 15 is 0 Å². The first-order valence-corrected chi connectivity index (χ1v) is 8.21. The molecule has 2 aromatic heterocycles. The molecule has 3 aromatic rings. The van der Waals surface area contributed by atoms with E-state index in [1.165, 1.54) is 11.3 Å². The lowest BCUT2D eigenvalue weighted by Gasteiger charge is -2.11. The molecule has 0 aliphatic heterocycles. The smallest absolute Gasteiger partial charge is 0.319 e. The zero-order valence-electron chi connectivity index (χ0n) is 12.9. The van der Waals surface area contributed by atoms with Crippen LogP contribution in [0.4, 0.5) is 10.5 Å². The zero-order chi connectivity index (χ0) is 16.9. The van der Waals surface area contributed by atoms with Gasteiger partial charge in [-0.15, -0.1) is 10.2 Å². The SMILES string of the molecule is Cc1nnc(-c2ccc(NC(=O)NC[C@H](O)c3ccsc3)cc2)o1. The van der Waals surface area contributed by atoms with Crippen molar-refractivity contribution < 1.29 is 14.3 Å². The van der Waals surface area contributed by atoms with Crippen molar-refractivity contribution in [2.75, 3.05) is 11.9 Å². The summed E-state index contributed by atoms with van der Waals surface area (Å²) in [5.74, 6) is 0.929. The number of thiophene rings is 1. The molecule has 0 radical (unpaired) electrons. The highest BCUT2D eigenvalue weighted by molar-refractivity contribution is 7.07. The van der Waals surface area contributed by atoms with Crippen molar-refractivity contribution in [1.82, 2.24) is 15.5 Å². The molecule has 0 aliphatic rings. The van der Waals surface area contributed by atoms with Crippen molar-refractivity contribution in [1.29, 1.82) is 0 Å². The summed E-state index contributed by atoms with van der Waals surface area (Å²) in [6, 6.07) is 8.48. The van der Waals surface area contributed by atoms with Gasteiger partial charge < -0.3 is 20.2 Å². The number of carbonyl (C=O) groups is 1. The van der Waals surface area contributed by atoms with Gasteiger partial charge in [0.1, 0.15) is 0 Å². The predicted octanol–water partition coefficient (Wildman–Crippen LogP) is 2.96. The Hall–Kier alpha value is -2.71. The van der Waals surface area contributed by atoms with Crippen LogP contribution in [0.25, 0.3) is 11.5 Å². The van der Waals surface area contributed by atoms with Gasteiger partial charge in [-0.25, -0.2) is 4.79 Å². The van der Waals surface area contributed by atoms with Gasteiger partial charge in [0.05, 0.1) is 6.10 Å². The van der Waals surface area contributed by atoms with Gasteiger partial charge in [-0.05, 0) is 46.7 Å². The molecule has 0 aliphatic carbocycles. The van der Waals surface area contributed by atoms with E-state index in [2.05, 4.69) is 20.8 Å². The monoisotopic (exact) mass is 344 g/mol. The lowest BCUT2D eigenvalue weighted by molar-refractivity contribution is 0.175. The second-order valence-electron chi connectivity index (χ2n) is 5.11. The maximum absolute atomic E-state index is 11.9. The highest BCUT2D eigenvalue weighted by Gasteiger charge is 2.10. The van der Waals surface area contributed by atoms with Crippen molar-refractivity contribution in [2.45, 2.75) is 13.0 Å². The number of aromatic nitrogens is 2. The summed E-state index contributed by atoms with van der Waals surface area (Å²) in [5.41, 5.74) is 2.19. The fraction of sp³-hybridized carbons (Fsp3) is 0.188. The Kier molecular flexibility index (Phi) is 4.88. The number of nitrogens with one attached hydrogen (secondary N) is 2. The molecule has 0 spiro atoms. The largest absolute Gasteiger partial charge is 0.421 e. The van der Waals surface area contributed by atoms with Gasteiger partial charge in [-0.2, -0.15) is 11.3 Å². The van der Waals surface area contributed by atoms with Crippen LogP contribution in [0.15, 0.2) is 45.5 Å². The van der Waals surface area contributed by atoms with E-state index in [1.807, 2.05) is 16.8 Å². The molecule has 3 rings (SSSR count). The van der Waals surface area contributed by atoms with Crippen LogP contribution in [-0.4, -0.2) is 27.9 Å². The van der Waals surface area contributed by atoms with Crippen LogP contribution in [0.2, 0.25) is 0 Å². The van der Waals surface area contributed by atoms with Crippen LogP contribution in [0.5, 0.6) is 0 Å². The van der Waals surface area contributed by atoms with Gasteiger partial charge in [0.25, 0.3) is 0 Å². The van der Waals surface area contributed by atoms with Crippen molar-refractivity contribution in [3.8, 4) is 11.5 Å². The van der Waals surface area contributed by atoms with Crippen LogP contribution >= 0.6 is 11.3 Å². The van der Waals surface area contributed by atoms with E-state index in [0.717, 1.165) is 11.1 Å². The number of carbonyl (C=O) groups excluding carboxylic acids is 1. The van der Waals surface area contributed by atoms with Crippen molar-refractivity contribution >= 4 is 23.1 Å². The summed E-state index contributed by atoms with van der Waals surface area (Å²) in [7, 11) is 0. The van der Waals surface area contributed by atoms with E-state index in [9.17, 15) is 9.90 Å². The van der Waals surface area contributed by atoms with Crippen molar-refractivity contribution in [3.63, 3.8) is 0 Å². The number of hydrogen-bond donors (Lipinski definition) is 3. The topological polar surface area (TPSA) is 100 Å². The molecule has 0 fully saturated rings. The number of aliphatic hydroxyl groups is 1. The van der Waals surface area contributed by atoms with Gasteiger partial charge >= 0.3 is 6.03 Å². The summed E-state index contributed by atoms with van der Waals surface area (Å²) in [5, 5.41) is 26.7. The van der Waals surface area contributed by atoms with Gasteiger partial charge in [0, 0.05) is 24.7 Å². The van der Waals surface area contributed by atoms with Crippen LogP contribution in [0.1, 0.15) is 17.6 Å². The highest BCUT2D eigenvalue weighted by Crippen LogP contribution is 2.20. The number of anilines is 1. The number of benzene rings is 1. The molecule has 3 N–H and O–H groups in total. The molecule has 124 valence electrons. The first kappa shape index (κ1) is 16.2. The Morgan fingerprint density at radius 1 is 1.29 bits per heavy atom. The minimum absolute atomic E-state index is 0.141. The van der Waals surface area contributed by atoms with Crippen LogP contribution in [0, 0.1) is 6.92 Å². The molecule has 0 unspecified atom stereocenters. The van der Waals surface area contributed by atoms with Gasteiger partial charge in [-0.1, -0.05) is 0 Å². The molecular formula is C16H16N4O3S. The quantitative estimate of drug-likeness (QED) is 0.661. The second-order valence-corrected chi connectivity index (χ2v) is 5.89. The van der Waals surface area contributed by atoms with Gasteiger partial charge in [0.15, 0.2) is 0 Å². The fourth-order valence-corrected chi connectivity index (χ4v) is 2.76. The first-order valence-electron chi connectivity index (χ1n) is 7.27. The lowest BCUT2D eigenvalue weighted by Crippen LogP contribution is -2.32.